The van der Waals surface area contributed by atoms with E-state index in [0.29, 0.717) is 11.5 Å². The number of oxazole rings is 1. The first-order chi connectivity index (χ1) is 10.2. The molecule has 2 aromatic rings. The fraction of sp³-hybridized carbons (Fsp3) is 0.588. The highest BCUT2D eigenvalue weighted by molar-refractivity contribution is 5.74. The van der Waals surface area contributed by atoms with Gasteiger partial charge < -0.3 is 15.1 Å². The molecule has 21 heavy (non-hydrogen) atoms. The molecule has 1 aromatic heterocycles. The minimum absolute atomic E-state index is 0.436. The quantitative estimate of drug-likeness (QED) is 0.873. The second-order valence-corrected chi connectivity index (χ2v) is 6.79. The molecule has 1 spiro atoms. The van der Waals surface area contributed by atoms with Crippen LogP contribution < -0.4 is 10.6 Å². The van der Waals surface area contributed by atoms with Gasteiger partial charge in [0.2, 0.25) is 0 Å². The van der Waals surface area contributed by atoms with E-state index in [-0.39, 0.29) is 0 Å². The Kier molecular flexibility index (Phi) is 3.14. The highest BCUT2D eigenvalue weighted by Crippen LogP contribution is 2.44. The van der Waals surface area contributed by atoms with Crippen molar-refractivity contribution in [2.75, 3.05) is 18.0 Å². The Balaban J connectivity index is 1.47. The molecule has 2 aliphatic rings. The molecule has 1 aliphatic heterocycles. The number of fused-ring (bicyclic) bond motifs is 1. The van der Waals surface area contributed by atoms with E-state index >= 15 is 0 Å². The Labute approximate surface area is 125 Å². The molecule has 0 amide bonds. The van der Waals surface area contributed by atoms with E-state index in [2.05, 4.69) is 9.88 Å². The van der Waals surface area contributed by atoms with Crippen molar-refractivity contribution in [3.63, 3.8) is 0 Å². The van der Waals surface area contributed by atoms with Gasteiger partial charge in [-0.05, 0) is 56.1 Å². The summed E-state index contributed by atoms with van der Waals surface area (Å²) in [6, 6.07) is 9.22. The molecule has 0 unspecified atom stereocenters. The monoisotopic (exact) mass is 285 g/mol. The van der Waals surface area contributed by atoms with Crippen LogP contribution in [0.15, 0.2) is 28.7 Å². The lowest BCUT2D eigenvalue weighted by Gasteiger charge is -2.45. The van der Waals surface area contributed by atoms with Gasteiger partial charge >= 0.3 is 0 Å². The molecule has 2 N–H and O–H groups in total. The van der Waals surface area contributed by atoms with Gasteiger partial charge in [0.05, 0.1) is 0 Å². The molecule has 0 radical (unpaired) electrons. The summed E-state index contributed by atoms with van der Waals surface area (Å²) in [6.07, 6.45) is 7.49. The number of benzene rings is 1. The predicted octanol–water partition coefficient (Wildman–Crippen LogP) is 3.32. The smallest absolute Gasteiger partial charge is 0.298 e. The molecule has 4 rings (SSSR count). The molecule has 4 heteroatoms. The first kappa shape index (κ1) is 13.1. The average Bonchev–Trinajstić information content (AvgIpc) is 2.95. The number of para-hydroxylation sites is 2. The summed E-state index contributed by atoms with van der Waals surface area (Å²) in [4.78, 5) is 6.93. The molecule has 2 fully saturated rings. The number of hydrogen-bond donors (Lipinski definition) is 1. The lowest BCUT2D eigenvalue weighted by Crippen LogP contribution is -2.43. The summed E-state index contributed by atoms with van der Waals surface area (Å²) in [5.74, 6) is 0. The maximum absolute atomic E-state index is 6.05. The fourth-order valence-corrected chi connectivity index (χ4v) is 3.92. The van der Waals surface area contributed by atoms with Crippen LogP contribution >= 0.6 is 0 Å². The largest absolute Gasteiger partial charge is 0.423 e. The van der Waals surface area contributed by atoms with E-state index in [0.717, 1.165) is 30.2 Å². The zero-order chi connectivity index (χ0) is 14.3. The molecule has 112 valence electrons. The van der Waals surface area contributed by atoms with Gasteiger partial charge in [-0.15, -0.1) is 0 Å². The van der Waals surface area contributed by atoms with Gasteiger partial charge in [-0.25, -0.2) is 0 Å². The molecule has 0 bridgehead atoms. The van der Waals surface area contributed by atoms with E-state index in [1.165, 1.54) is 38.5 Å². The van der Waals surface area contributed by atoms with Crippen molar-refractivity contribution in [2.24, 2.45) is 11.1 Å². The molecule has 4 nitrogen and oxygen atoms in total. The number of rotatable bonds is 1. The molecular weight excluding hydrogens is 262 g/mol. The van der Waals surface area contributed by atoms with Gasteiger partial charge in [0.25, 0.3) is 6.01 Å². The topological polar surface area (TPSA) is 55.3 Å². The molecule has 0 atom stereocenters. The minimum atomic E-state index is 0.436. The van der Waals surface area contributed by atoms with E-state index in [1.54, 1.807) is 0 Å². The van der Waals surface area contributed by atoms with Crippen LogP contribution in [0.5, 0.6) is 0 Å². The predicted molar refractivity (Wildman–Crippen MR) is 84.3 cm³/mol. The van der Waals surface area contributed by atoms with Crippen LogP contribution in [0.25, 0.3) is 11.1 Å². The second kappa shape index (κ2) is 5.02. The molecule has 1 saturated heterocycles. The van der Waals surface area contributed by atoms with Gasteiger partial charge in [-0.2, -0.15) is 4.98 Å². The van der Waals surface area contributed by atoms with Crippen molar-refractivity contribution >= 4 is 17.1 Å². The first-order valence-electron chi connectivity index (χ1n) is 8.10. The number of piperidine rings is 1. The van der Waals surface area contributed by atoms with Crippen LogP contribution in [0.1, 0.15) is 38.5 Å². The van der Waals surface area contributed by atoms with Crippen LogP contribution in [0.2, 0.25) is 0 Å². The Bertz CT molecular complexity index is 585. The molecule has 1 aromatic carbocycles. The summed E-state index contributed by atoms with van der Waals surface area (Å²) in [7, 11) is 0. The Hall–Kier alpha value is -1.55. The van der Waals surface area contributed by atoms with Crippen molar-refractivity contribution in [1.29, 1.82) is 0 Å². The van der Waals surface area contributed by atoms with Crippen LogP contribution in [0.3, 0.4) is 0 Å². The maximum atomic E-state index is 6.05. The Morgan fingerprint density at radius 1 is 1.10 bits per heavy atom. The van der Waals surface area contributed by atoms with Gasteiger partial charge in [0.1, 0.15) is 5.52 Å². The summed E-state index contributed by atoms with van der Waals surface area (Å²) in [6.45, 7) is 2.12. The molecule has 1 saturated carbocycles. The third kappa shape index (κ3) is 2.42. The zero-order valence-electron chi connectivity index (χ0n) is 12.4. The van der Waals surface area contributed by atoms with Crippen molar-refractivity contribution in [2.45, 2.75) is 44.6 Å². The first-order valence-corrected chi connectivity index (χ1v) is 8.10. The maximum Gasteiger partial charge on any atom is 0.298 e. The second-order valence-electron chi connectivity index (χ2n) is 6.79. The van der Waals surface area contributed by atoms with Crippen molar-refractivity contribution < 1.29 is 4.42 Å². The highest BCUT2D eigenvalue weighted by Gasteiger charge is 2.38. The number of anilines is 1. The van der Waals surface area contributed by atoms with Crippen molar-refractivity contribution in [3.05, 3.63) is 24.3 Å². The average molecular weight is 285 g/mol. The van der Waals surface area contributed by atoms with Gasteiger partial charge in [-0.1, -0.05) is 12.1 Å². The summed E-state index contributed by atoms with van der Waals surface area (Å²) in [5.41, 5.74) is 8.43. The summed E-state index contributed by atoms with van der Waals surface area (Å²) in [5, 5.41) is 0. The lowest BCUT2D eigenvalue weighted by atomic mass is 9.67. The Morgan fingerprint density at radius 2 is 1.81 bits per heavy atom. The third-order valence-electron chi connectivity index (χ3n) is 5.47. The summed E-state index contributed by atoms with van der Waals surface area (Å²) >= 11 is 0. The number of aromatic nitrogens is 1. The van der Waals surface area contributed by atoms with Gasteiger partial charge in [-0.3, -0.25) is 0 Å². The van der Waals surface area contributed by atoms with Gasteiger partial charge in [0.15, 0.2) is 5.58 Å². The minimum Gasteiger partial charge on any atom is -0.423 e. The summed E-state index contributed by atoms with van der Waals surface area (Å²) < 4.78 is 5.90. The molecule has 1 aliphatic carbocycles. The van der Waals surface area contributed by atoms with Gasteiger partial charge in [0, 0.05) is 19.1 Å². The zero-order valence-corrected chi connectivity index (χ0v) is 12.4. The number of nitrogens with two attached hydrogens (primary N) is 1. The van der Waals surface area contributed by atoms with E-state index in [1.807, 2.05) is 24.3 Å². The van der Waals surface area contributed by atoms with Crippen LogP contribution in [-0.4, -0.2) is 24.1 Å². The number of nitrogens with zero attached hydrogens (tertiary/aromatic N) is 2. The van der Waals surface area contributed by atoms with E-state index in [9.17, 15) is 0 Å². The Morgan fingerprint density at radius 3 is 2.52 bits per heavy atom. The third-order valence-corrected chi connectivity index (χ3v) is 5.47. The normalized spacial score (nSPS) is 23.0. The van der Waals surface area contributed by atoms with E-state index < -0.39 is 0 Å². The standard InChI is InChI=1S/C17H23N3O/c18-13-5-7-17(8-6-13)9-11-20(12-10-17)16-19-14-3-1-2-4-15(14)21-16/h1-4,13H,5-12,18H2. The van der Waals surface area contributed by atoms with Crippen LogP contribution in [0, 0.1) is 5.41 Å². The van der Waals surface area contributed by atoms with E-state index in [4.69, 9.17) is 10.2 Å². The van der Waals surface area contributed by atoms with Crippen LogP contribution in [0.4, 0.5) is 6.01 Å². The SMILES string of the molecule is NC1CCC2(CC1)CCN(c1nc3ccccc3o1)CC2. The van der Waals surface area contributed by atoms with Crippen molar-refractivity contribution in [3.8, 4) is 0 Å². The number of hydrogen-bond acceptors (Lipinski definition) is 4. The van der Waals surface area contributed by atoms with Crippen molar-refractivity contribution in [1.82, 2.24) is 4.98 Å². The molecule has 2 heterocycles. The molecular formula is C17H23N3O. The van der Waals surface area contributed by atoms with Crippen LogP contribution in [-0.2, 0) is 0 Å². The highest BCUT2D eigenvalue weighted by atomic mass is 16.4. The lowest BCUT2D eigenvalue weighted by molar-refractivity contribution is 0.132. The fourth-order valence-electron chi connectivity index (χ4n) is 3.92.